The first-order chi connectivity index (χ1) is 4.13. The van der Waals surface area contributed by atoms with Crippen molar-refractivity contribution < 1.29 is 4.57 Å². The Morgan fingerprint density at radius 3 is 2.44 bits per heavy atom. The molecule has 0 aromatic heterocycles. The van der Waals surface area contributed by atoms with Gasteiger partial charge >= 0.3 is 0 Å². The number of hydrogen-bond acceptors (Lipinski definition) is 2. The summed E-state index contributed by atoms with van der Waals surface area (Å²) in [5, 5.41) is 0. The van der Waals surface area contributed by atoms with Crippen molar-refractivity contribution in [3.05, 3.63) is 0 Å². The Morgan fingerprint density at radius 2 is 2.11 bits per heavy atom. The number of rotatable bonds is 4. The van der Waals surface area contributed by atoms with Crippen LogP contribution in [0.25, 0.3) is 0 Å². The minimum Gasteiger partial charge on any atom is -0.315 e. The van der Waals surface area contributed by atoms with Gasteiger partial charge in [-0.2, -0.15) is 0 Å². The molecule has 0 amide bonds. The van der Waals surface area contributed by atoms with E-state index in [1.54, 1.807) is 0 Å². The van der Waals surface area contributed by atoms with Crippen LogP contribution in [-0.4, -0.2) is 31.7 Å². The van der Waals surface area contributed by atoms with Crippen molar-refractivity contribution in [2.45, 2.75) is 6.42 Å². The van der Waals surface area contributed by atoms with Crippen molar-refractivity contribution in [1.82, 2.24) is 4.90 Å². The maximum Gasteiger partial charge on any atom is 0.136 e. The Balaban J connectivity index is 3.01. The van der Waals surface area contributed by atoms with Crippen LogP contribution >= 0.6 is 22.0 Å². The highest BCUT2D eigenvalue weighted by Gasteiger charge is 1.93. The Kier molecular flexibility index (Phi) is 5.86. The van der Waals surface area contributed by atoms with Gasteiger partial charge in [0.05, 0.1) is 0 Å². The molecule has 0 saturated heterocycles. The topological polar surface area (TPSA) is 20.3 Å². The number of nitrogens with zero attached hydrogens (tertiary/aromatic N) is 1. The maximum absolute atomic E-state index is 10.5. The molecule has 0 heterocycles. The quantitative estimate of drug-likeness (QED) is 0.665. The SMILES string of the molecule is CN(C)CCC[PH](=O)Br. The van der Waals surface area contributed by atoms with E-state index in [0.29, 0.717) is 0 Å². The van der Waals surface area contributed by atoms with E-state index in [2.05, 4.69) is 20.4 Å². The third-order valence-electron chi connectivity index (χ3n) is 0.979. The molecule has 0 aromatic carbocycles. The average molecular weight is 214 g/mol. The average Bonchev–Trinajstić information content (AvgIpc) is 1.63. The Bertz CT molecular complexity index is 97.0. The number of hydrogen-bond donors (Lipinski definition) is 0. The Morgan fingerprint density at radius 1 is 1.56 bits per heavy atom. The third-order valence-corrected chi connectivity index (χ3v) is 2.91. The van der Waals surface area contributed by atoms with Gasteiger partial charge in [-0.3, -0.25) is 0 Å². The standard InChI is InChI=1S/C5H13BrNOP/c1-7(2)4-3-5-9(6)8/h9H,3-5H2,1-2H3. The van der Waals surface area contributed by atoms with Crippen LogP contribution < -0.4 is 0 Å². The molecular formula is C5H13BrNOP. The number of halogens is 1. The van der Waals surface area contributed by atoms with E-state index in [1.807, 2.05) is 14.1 Å². The van der Waals surface area contributed by atoms with Gasteiger partial charge in [0.1, 0.15) is 6.50 Å². The lowest BCUT2D eigenvalue weighted by molar-refractivity contribution is 0.409. The molecule has 0 aliphatic rings. The minimum atomic E-state index is -1.39. The summed E-state index contributed by atoms with van der Waals surface area (Å²) in [5.74, 6) is 0. The fourth-order valence-corrected chi connectivity index (χ4v) is 1.81. The molecule has 56 valence electrons. The van der Waals surface area contributed by atoms with Crippen LogP contribution in [-0.2, 0) is 4.57 Å². The highest BCUT2D eigenvalue weighted by Crippen LogP contribution is 2.29. The summed E-state index contributed by atoms with van der Waals surface area (Å²) in [5.41, 5.74) is 0. The van der Waals surface area contributed by atoms with E-state index in [-0.39, 0.29) is 0 Å². The molecule has 1 atom stereocenters. The summed E-state index contributed by atoms with van der Waals surface area (Å²) in [6.45, 7) is -0.365. The lowest BCUT2D eigenvalue weighted by atomic mass is 10.5. The second-order valence-corrected chi connectivity index (χ2v) is 6.13. The third kappa shape index (κ3) is 8.67. The molecule has 0 aromatic rings. The zero-order valence-corrected chi connectivity index (χ0v) is 8.44. The first-order valence-corrected chi connectivity index (χ1v) is 6.83. The van der Waals surface area contributed by atoms with Crippen molar-refractivity contribution in [1.29, 1.82) is 0 Å². The normalized spacial score (nSPS) is 14.2. The molecule has 0 rings (SSSR count). The van der Waals surface area contributed by atoms with E-state index < -0.39 is 6.50 Å². The molecular weight excluding hydrogens is 201 g/mol. The highest BCUT2D eigenvalue weighted by molar-refractivity contribution is 9.37. The molecule has 9 heavy (non-hydrogen) atoms. The van der Waals surface area contributed by atoms with Gasteiger partial charge in [-0.15, -0.1) is 0 Å². The maximum atomic E-state index is 10.5. The minimum absolute atomic E-state index is 0.822. The first kappa shape index (κ1) is 9.67. The van der Waals surface area contributed by atoms with Crippen molar-refractivity contribution in [2.75, 3.05) is 26.8 Å². The van der Waals surface area contributed by atoms with Crippen LogP contribution in [0, 0.1) is 0 Å². The van der Waals surface area contributed by atoms with E-state index >= 15 is 0 Å². The molecule has 0 spiro atoms. The van der Waals surface area contributed by atoms with Crippen LogP contribution in [0.15, 0.2) is 0 Å². The molecule has 0 aliphatic carbocycles. The van der Waals surface area contributed by atoms with Crippen LogP contribution in [0.3, 0.4) is 0 Å². The monoisotopic (exact) mass is 213 g/mol. The van der Waals surface area contributed by atoms with Crippen LogP contribution in [0.1, 0.15) is 6.42 Å². The van der Waals surface area contributed by atoms with Crippen LogP contribution in [0.2, 0.25) is 0 Å². The van der Waals surface area contributed by atoms with E-state index in [0.717, 1.165) is 19.1 Å². The fourth-order valence-electron chi connectivity index (χ4n) is 0.534. The van der Waals surface area contributed by atoms with Gasteiger partial charge in [0.25, 0.3) is 0 Å². The van der Waals surface area contributed by atoms with Crippen molar-refractivity contribution >= 4 is 22.0 Å². The molecule has 4 heteroatoms. The summed E-state index contributed by atoms with van der Waals surface area (Å²) in [7, 11) is 4.04. The van der Waals surface area contributed by atoms with Gasteiger partial charge in [-0.1, -0.05) is 0 Å². The fraction of sp³-hybridized carbons (Fsp3) is 1.00. The summed E-state index contributed by atoms with van der Waals surface area (Å²) >= 11 is 3.05. The predicted molar refractivity (Wildman–Crippen MR) is 46.0 cm³/mol. The second-order valence-electron chi connectivity index (χ2n) is 2.26. The summed E-state index contributed by atoms with van der Waals surface area (Å²) < 4.78 is 10.5. The van der Waals surface area contributed by atoms with Crippen molar-refractivity contribution in [2.24, 2.45) is 0 Å². The van der Waals surface area contributed by atoms with Gasteiger partial charge in [-0.25, -0.2) is 0 Å². The van der Waals surface area contributed by atoms with Gasteiger partial charge < -0.3 is 9.46 Å². The van der Waals surface area contributed by atoms with E-state index in [9.17, 15) is 4.57 Å². The Labute approximate surface area is 65.1 Å². The summed E-state index contributed by atoms with van der Waals surface area (Å²) in [6.07, 6.45) is 1.85. The molecule has 0 radical (unpaired) electrons. The van der Waals surface area contributed by atoms with E-state index in [4.69, 9.17) is 0 Å². The highest BCUT2D eigenvalue weighted by atomic mass is 79.9. The van der Waals surface area contributed by atoms with Gasteiger partial charge in [0, 0.05) is 6.16 Å². The largest absolute Gasteiger partial charge is 0.315 e. The summed E-state index contributed by atoms with van der Waals surface area (Å²) in [4.78, 5) is 2.10. The Hall–Kier alpha value is 0.670. The zero-order valence-electron chi connectivity index (χ0n) is 5.85. The molecule has 0 fully saturated rings. The molecule has 0 N–H and O–H groups in total. The van der Waals surface area contributed by atoms with Crippen molar-refractivity contribution in [3.8, 4) is 0 Å². The first-order valence-electron chi connectivity index (χ1n) is 2.96. The van der Waals surface area contributed by atoms with Crippen LogP contribution in [0.5, 0.6) is 0 Å². The lowest BCUT2D eigenvalue weighted by Crippen LogP contribution is -2.13. The smallest absolute Gasteiger partial charge is 0.136 e. The second kappa shape index (κ2) is 5.45. The van der Waals surface area contributed by atoms with Gasteiger partial charge in [-0.05, 0) is 42.6 Å². The van der Waals surface area contributed by atoms with Crippen LogP contribution in [0.4, 0.5) is 0 Å². The zero-order chi connectivity index (χ0) is 7.28. The summed E-state index contributed by atoms with van der Waals surface area (Å²) in [6, 6.07) is 0. The van der Waals surface area contributed by atoms with Crippen molar-refractivity contribution in [3.63, 3.8) is 0 Å². The van der Waals surface area contributed by atoms with E-state index in [1.165, 1.54) is 0 Å². The van der Waals surface area contributed by atoms with Gasteiger partial charge in [0.2, 0.25) is 0 Å². The lowest BCUT2D eigenvalue weighted by Gasteiger charge is -2.06. The molecule has 0 saturated carbocycles. The predicted octanol–water partition coefficient (Wildman–Crippen LogP) is 1.81. The molecule has 2 nitrogen and oxygen atoms in total. The molecule has 0 aliphatic heterocycles. The molecule has 1 unspecified atom stereocenters. The van der Waals surface area contributed by atoms with Gasteiger partial charge in [0.15, 0.2) is 0 Å². The molecule has 0 bridgehead atoms.